The molecule has 1 N–H and O–H groups in total. The second kappa shape index (κ2) is 6.66. The number of carbonyl (C=O) groups excluding carboxylic acids is 1. The maximum atomic E-state index is 12.9. The third-order valence-corrected chi connectivity index (χ3v) is 5.94. The summed E-state index contributed by atoms with van der Waals surface area (Å²) in [6.45, 7) is 1.68. The largest absolute Gasteiger partial charge is 0.416 e. The fourth-order valence-electron chi connectivity index (χ4n) is 3.78. The molecule has 26 heavy (non-hydrogen) atoms. The monoisotopic (exact) mass is 381 g/mol. The Bertz CT molecular complexity index is 806. The second-order valence-electron chi connectivity index (χ2n) is 6.71. The van der Waals surface area contributed by atoms with E-state index in [4.69, 9.17) is 0 Å². The van der Waals surface area contributed by atoms with Crippen molar-refractivity contribution in [1.29, 1.82) is 0 Å². The van der Waals surface area contributed by atoms with Crippen molar-refractivity contribution in [3.63, 3.8) is 0 Å². The molecule has 8 heteroatoms. The smallest absolute Gasteiger partial charge is 0.330 e. The number of thiazole rings is 1. The van der Waals surface area contributed by atoms with Gasteiger partial charge < -0.3 is 10.2 Å². The molecule has 4 rings (SSSR count). The minimum absolute atomic E-state index is 0.115. The number of halogens is 3. The standard InChI is InChI=1S/C18H18F3N3OS/c19-18(20,21)12-3-1-2-11(8-12)16-23-15(10-26-16)17(25)24-13-4-5-14(24)9-22-7-6-13/h1-3,8,10,13-14,22H,4-7,9H2. The molecule has 3 heterocycles. The lowest BCUT2D eigenvalue weighted by molar-refractivity contribution is -0.137. The van der Waals surface area contributed by atoms with E-state index in [0.717, 1.165) is 44.5 Å². The van der Waals surface area contributed by atoms with E-state index in [9.17, 15) is 18.0 Å². The molecule has 1 aromatic carbocycles. The van der Waals surface area contributed by atoms with Gasteiger partial charge in [-0.25, -0.2) is 4.98 Å². The van der Waals surface area contributed by atoms with Gasteiger partial charge in [0.05, 0.1) is 5.56 Å². The first-order valence-corrected chi connectivity index (χ1v) is 9.48. The van der Waals surface area contributed by atoms with Gasteiger partial charge in [0.25, 0.3) is 5.91 Å². The maximum Gasteiger partial charge on any atom is 0.416 e. The van der Waals surface area contributed by atoms with Crippen molar-refractivity contribution in [3.8, 4) is 10.6 Å². The molecule has 2 fully saturated rings. The summed E-state index contributed by atoms with van der Waals surface area (Å²) in [4.78, 5) is 19.2. The van der Waals surface area contributed by atoms with E-state index < -0.39 is 11.7 Å². The van der Waals surface area contributed by atoms with Gasteiger partial charge in [0.1, 0.15) is 10.7 Å². The Morgan fingerprint density at radius 3 is 2.85 bits per heavy atom. The van der Waals surface area contributed by atoms with Crippen LogP contribution in [0.25, 0.3) is 10.6 Å². The third-order valence-electron chi connectivity index (χ3n) is 5.05. The normalized spacial score (nSPS) is 23.1. The number of amides is 1. The van der Waals surface area contributed by atoms with E-state index in [2.05, 4.69) is 10.3 Å². The summed E-state index contributed by atoms with van der Waals surface area (Å²) in [6, 6.07) is 5.45. The molecule has 4 nitrogen and oxygen atoms in total. The fourth-order valence-corrected chi connectivity index (χ4v) is 4.57. The highest BCUT2D eigenvalue weighted by atomic mass is 32.1. The summed E-state index contributed by atoms with van der Waals surface area (Å²) < 4.78 is 38.7. The number of hydrogen-bond acceptors (Lipinski definition) is 4. The number of aromatic nitrogens is 1. The molecule has 2 aliphatic rings. The third kappa shape index (κ3) is 3.23. The van der Waals surface area contributed by atoms with Crippen LogP contribution in [0.4, 0.5) is 13.2 Å². The minimum atomic E-state index is -4.40. The van der Waals surface area contributed by atoms with Gasteiger partial charge in [0.2, 0.25) is 0 Å². The molecule has 0 spiro atoms. The van der Waals surface area contributed by atoms with Crippen molar-refractivity contribution in [3.05, 3.63) is 40.9 Å². The summed E-state index contributed by atoms with van der Waals surface area (Å²) in [6.07, 6.45) is -1.49. The van der Waals surface area contributed by atoms with Gasteiger partial charge in [0.15, 0.2) is 0 Å². The van der Waals surface area contributed by atoms with E-state index in [1.165, 1.54) is 17.4 Å². The minimum Gasteiger partial charge on any atom is -0.330 e. The molecular formula is C18H18F3N3OS. The maximum absolute atomic E-state index is 12.9. The number of benzene rings is 1. The Hall–Kier alpha value is -1.93. The molecule has 0 saturated carbocycles. The highest BCUT2D eigenvalue weighted by molar-refractivity contribution is 7.13. The molecule has 2 aromatic rings. The van der Waals surface area contributed by atoms with Crippen LogP contribution in [0.5, 0.6) is 0 Å². The lowest BCUT2D eigenvalue weighted by Gasteiger charge is -2.27. The highest BCUT2D eigenvalue weighted by Crippen LogP contribution is 2.34. The van der Waals surface area contributed by atoms with Crippen LogP contribution in [0.3, 0.4) is 0 Å². The van der Waals surface area contributed by atoms with Gasteiger partial charge in [-0.05, 0) is 37.9 Å². The van der Waals surface area contributed by atoms with Gasteiger partial charge >= 0.3 is 6.18 Å². The summed E-state index contributed by atoms with van der Waals surface area (Å²) in [5, 5.41) is 5.43. The van der Waals surface area contributed by atoms with Crippen LogP contribution in [0.2, 0.25) is 0 Å². The van der Waals surface area contributed by atoms with Gasteiger partial charge in [-0.3, -0.25) is 4.79 Å². The second-order valence-corrected chi connectivity index (χ2v) is 7.56. The molecule has 0 radical (unpaired) electrons. The molecule has 2 saturated heterocycles. The van der Waals surface area contributed by atoms with E-state index >= 15 is 0 Å². The van der Waals surface area contributed by atoms with Crippen LogP contribution in [0, 0.1) is 0 Å². The van der Waals surface area contributed by atoms with Crippen molar-refractivity contribution >= 4 is 17.2 Å². The molecule has 2 atom stereocenters. The molecular weight excluding hydrogens is 363 g/mol. The van der Waals surface area contributed by atoms with E-state index in [1.807, 2.05) is 4.90 Å². The average molecular weight is 381 g/mol. The molecule has 0 aliphatic carbocycles. The number of carbonyl (C=O) groups is 1. The zero-order valence-corrected chi connectivity index (χ0v) is 14.7. The predicted molar refractivity (Wildman–Crippen MR) is 93.0 cm³/mol. The zero-order chi connectivity index (χ0) is 18.3. The Morgan fingerprint density at radius 1 is 1.23 bits per heavy atom. The summed E-state index contributed by atoms with van der Waals surface area (Å²) >= 11 is 1.20. The average Bonchev–Trinajstić information content (AvgIpc) is 3.18. The van der Waals surface area contributed by atoms with Crippen LogP contribution in [0.15, 0.2) is 29.6 Å². The van der Waals surface area contributed by atoms with Crippen LogP contribution < -0.4 is 5.32 Å². The van der Waals surface area contributed by atoms with Crippen molar-refractivity contribution < 1.29 is 18.0 Å². The zero-order valence-electron chi connectivity index (χ0n) is 13.9. The number of nitrogens with zero attached hydrogens (tertiary/aromatic N) is 2. The topological polar surface area (TPSA) is 45.2 Å². The van der Waals surface area contributed by atoms with Gasteiger partial charge in [-0.15, -0.1) is 11.3 Å². The lowest BCUT2D eigenvalue weighted by atomic mass is 10.1. The molecule has 1 amide bonds. The van der Waals surface area contributed by atoms with Crippen LogP contribution in [-0.2, 0) is 6.18 Å². The van der Waals surface area contributed by atoms with Gasteiger partial charge in [-0.1, -0.05) is 12.1 Å². The first-order chi connectivity index (χ1) is 12.4. The summed E-state index contributed by atoms with van der Waals surface area (Å²) in [5.74, 6) is -0.115. The Kier molecular flexibility index (Phi) is 4.48. The number of nitrogens with one attached hydrogen (secondary N) is 1. The SMILES string of the molecule is O=C(c1csc(-c2cccc(C(F)(F)F)c2)n1)N1C2CCNCC1CC2. The quantitative estimate of drug-likeness (QED) is 0.861. The predicted octanol–water partition coefficient (Wildman–Crippen LogP) is 3.80. The molecule has 1 aromatic heterocycles. The van der Waals surface area contributed by atoms with Crippen molar-refractivity contribution in [1.82, 2.24) is 15.2 Å². The Labute approximate surface area is 153 Å². The molecule has 138 valence electrons. The molecule has 2 unspecified atom stereocenters. The molecule has 2 aliphatic heterocycles. The van der Waals surface area contributed by atoms with E-state index in [1.54, 1.807) is 11.4 Å². The fraction of sp³-hybridized carbons (Fsp3) is 0.444. The van der Waals surface area contributed by atoms with Crippen LogP contribution in [-0.4, -0.2) is 41.0 Å². The number of fused-ring (bicyclic) bond motifs is 2. The first kappa shape index (κ1) is 17.5. The number of hydrogen-bond donors (Lipinski definition) is 1. The lowest BCUT2D eigenvalue weighted by Crippen LogP contribution is -2.42. The van der Waals surface area contributed by atoms with Crippen LogP contribution >= 0.6 is 11.3 Å². The van der Waals surface area contributed by atoms with E-state index in [-0.39, 0.29) is 18.0 Å². The van der Waals surface area contributed by atoms with Crippen molar-refractivity contribution in [2.75, 3.05) is 13.1 Å². The summed E-state index contributed by atoms with van der Waals surface area (Å²) in [7, 11) is 0. The first-order valence-electron chi connectivity index (χ1n) is 8.60. The van der Waals surface area contributed by atoms with Crippen molar-refractivity contribution in [2.45, 2.75) is 37.5 Å². The van der Waals surface area contributed by atoms with E-state index in [0.29, 0.717) is 16.3 Å². The van der Waals surface area contributed by atoms with Gasteiger partial charge in [-0.2, -0.15) is 13.2 Å². The number of rotatable bonds is 2. The summed E-state index contributed by atoms with van der Waals surface area (Å²) in [5.41, 5.74) is -0.0136. The Morgan fingerprint density at radius 2 is 2.04 bits per heavy atom. The van der Waals surface area contributed by atoms with Gasteiger partial charge in [0, 0.05) is 29.6 Å². The molecule has 2 bridgehead atoms. The Balaban J connectivity index is 1.59. The number of alkyl halides is 3. The highest BCUT2D eigenvalue weighted by Gasteiger charge is 2.39. The van der Waals surface area contributed by atoms with Crippen LogP contribution in [0.1, 0.15) is 35.3 Å². The van der Waals surface area contributed by atoms with Crippen molar-refractivity contribution in [2.24, 2.45) is 0 Å².